The standard InChI is InChI=1S/C26H26N2O3/c1-5-6-7-16-8-10-20-18(14-16)27-24(30-20)22-12-13-23(29-22)25-28-19-15-17(26(2,3)4)9-11-21(19)31-25/h8-15H,5-7H2,1-4H3. The topological polar surface area (TPSA) is 65.2 Å². The van der Waals surface area contributed by atoms with Crippen LogP contribution < -0.4 is 0 Å². The number of furan rings is 1. The van der Waals surface area contributed by atoms with E-state index in [0.29, 0.717) is 23.3 Å². The lowest BCUT2D eigenvalue weighted by Gasteiger charge is -2.18. The second kappa shape index (κ2) is 7.41. The van der Waals surface area contributed by atoms with Gasteiger partial charge in [0, 0.05) is 0 Å². The molecular formula is C26H26N2O3. The smallest absolute Gasteiger partial charge is 0.263 e. The second-order valence-electron chi connectivity index (χ2n) is 9.04. The van der Waals surface area contributed by atoms with Gasteiger partial charge < -0.3 is 13.3 Å². The molecule has 0 spiro atoms. The van der Waals surface area contributed by atoms with Crippen molar-refractivity contribution in [2.24, 2.45) is 0 Å². The Balaban J connectivity index is 1.45. The zero-order valence-electron chi connectivity index (χ0n) is 18.4. The number of aromatic nitrogens is 2. The Morgan fingerprint density at radius 3 is 1.97 bits per heavy atom. The summed E-state index contributed by atoms with van der Waals surface area (Å²) in [5.74, 6) is 2.01. The zero-order valence-corrected chi connectivity index (χ0v) is 18.4. The van der Waals surface area contributed by atoms with Crippen molar-refractivity contribution in [1.82, 2.24) is 9.97 Å². The molecule has 0 atom stereocenters. The number of rotatable bonds is 5. The molecule has 5 nitrogen and oxygen atoms in total. The van der Waals surface area contributed by atoms with Gasteiger partial charge in [-0.1, -0.05) is 46.2 Å². The average Bonchev–Trinajstić information content (AvgIpc) is 3.47. The van der Waals surface area contributed by atoms with Gasteiger partial charge in [0.2, 0.25) is 0 Å². The first-order chi connectivity index (χ1) is 14.9. The number of fused-ring (bicyclic) bond motifs is 2. The highest BCUT2D eigenvalue weighted by molar-refractivity contribution is 5.78. The third-order valence-corrected chi connectivity index (χ3v) is 5.55. The number of nitrogens with zero attached hydrogens (tertiary/aromatic N) is 2. The molecule has 31 heavy (non-hydrogen) atoms. The lowest BCUT2D eigenvalue weighted by Crippen LogP contribution is -2.10. The van der Waals surface area contributed by atoms with E-state index in [-0.39, 0.29) is 5.41 Å². The van der Waals surface area contributed by atoms with Crippen molar-refractivity contribution in [3.05, 3.63) is 59.7 Å². The molecule has 3 heterocycles. The molecule has 0 fully saturated rings. The van der Waals surface area contributed by atoms with Gasteiger partial charge in [-0.3, -0.25) is 0 Å². The molecule has 0 aliphatic carbocycles. The lowest BCUT2D eigenvalue weighted by molar-refractivity contribution is 0.519. The van der Waals surface area contributed by atoms with Crippen molar-refractivity contribution >= 4 is 22.2 Å². The summed E-state index contributed by atoms with van der Waals surface area (Å²) in [7, 11) is 0. The molecular weight excluding hydrogens is 388 g/mol. The fraction of sp³-hybridized carbons (Fsp3) is 0.308. The maximum absolute atomic E-state index is 6.00. The number of aryl methyl sites for hydroxylation is 1. The SMILES string of the molecule is CCCCc1ccc2oc(-c3ccc(-c4nc5cc(C(C)(C)C)ccc5o4)o3)nc2c1. The quantitative estimate of drug-likeness (QED) is 0.297. The van der Waals surface area contributed by atoms with Crippen LogP contribution in [0.4, 0.5) is 0 Å². The van der Waals surface area contributed by atoms with Crippen LogP contribution in [0.15, 0.2) is 61.8 Å². The Morgan fingerprint density at radius 2 is 1.35 bits per heavy atom. The molecule has 0 unspecified atom stereocenters. The number of hydrogen-bond acceptors (Lipinski definition) is 5. The van der Waals surface area contributed by atoms with Crippen molar-refractivity contribution in [2.45, 2.75) is 52.4 Å². The summed E-state index contributed by atoms with van der Waals surface area (Å²) in [6, 6.07) is 16.0. The van der Waals surface area contributed by atoms with E-state index in [9.17, 15) is 0 Å². The van der Waals surface area contributed by atoms with Crippen LogP contribution in [0.2, 0.25) is 0 Å². The van der Waals surface area contributed by atoms with Gasteiger partial charge in [-0.2, -0.15) is 0 Å². The van der Waals surface area contributed by atoms with Crippen molar-refractivity contribution in [1.29, 1.82) is 0 Å². The van der Waals surface area contributed by atoms with E-state index in [0.717, 1.165) is 28.6 Å². The molecule has 158 valence electrons. The Morgan fingerprint density at radius 1 is 0.742 bits per heavy atom. The van der Waals surface area contributed by atoms with E-state index in [1.807, 2.05) is 24.3 Å². The Labute approximate surface area is 181 Å². The summed E-state index contributed by atoms with van der Waals surface area (Å²) in [4.78, 5) is 9.26. The molecule has 5 rings (SSSR count). The summed E-state index contributed by atoms with van der Waals surface area (Å²) in [6.07, 6.45) is 3.39. The lowest BCUT2D eigenvalue weighted by atomic mass is 9.87. The largest absolute Gasteiger partial charge is 0.446 e. The highest BCUT2D eigenvalue weighted by Crippen LogP contribution is 2.33. The number of oxazole rings is 2. The predicted molar refractivity (Wildman–Crippen MR) is 122 cm³/mol. The number of unbranched alkanes of at least 4 members (excludes halogenated alkanes) is 1. The molecule has 2 aromatic carbocycles. The summed E-state index contributed by atoms with van der Waals surface area (Å²) in [6.45, 7) is 8.74. The fourth-order valence-electron chi connectivity index (χ4n) is 3.68. The Bertz CT molecular complexity index is 1360. The van der Waals surface area contributed by atoms with Crippen LogP contribution in [-0.2, 0) is 11.8 Å². The number of hydrogen-bond donors (Lipinski definition) is 0. The van der Waals surface area contributed by atoms with Gasteiger partial charge in [0.05, 0.1) is 0 Å². The highest BCUT2D eigenvalue weighted by atomic mass is 16.4. The molecule has 0 saturated heterocycles. The van der Waals surface area contributed by atoms with Gasteiger partial charge in [-0.25, -0.2) is 9.97 Å². The van der Waals surface area contributed by atoms with Crippen LogP contribution in [0.5, 0.6) is 0 Å². The molecule has 5 heteroatoms. The number of benzene rings is 2. The van der Waals surface area contributed by atoms with Crippen LogP contribution in [0.1, 0.15) is 51.7 Å². The molecule has 0 aliphatic rings. The Hall–Kier alpha value is -3.34. The molecule has 0 N–H and O–H groups in total. The van der Waals surface area contributed by atoms with Crippen LogP contribution in [-0.4, -0.2) is 9.97 Å². The van der Waals surface area contributed by atoms with Gasteiger partial charge in [0.1, 0.15) is 11.0 Å². The minimum absolute atomic E-state index is 0.0501. The van der Waals surface area contributed by atoms with Gasteiger partial charge >= 0.3 is 0 Å². The van der Waals surface area contributed by atoms with Gasteiger partial charge in [-0.05, 0) is 65.8 Å². The maximum Gasteiger partial charge on any atom is 0.263 e. The van der Waals surface area contributed by atoms with E-state index >= 15 is 0 Å². The van der Waals surface area contributed by atoms with Crippen LogP contribution in [0, 0.1) is 0 Å². The Kier molecular flexibility index (Phi) is 4.69. The second-order valence-corrected chi connectivity index (χ2v) is 9.04. The summed E-state index contributed by atoms with van der Waals surface area (Å²) in [5.41, 5.74) is 5.70. The van der Waals surface area contributed by atoms with Gasteiger partial charge in [0.25, 0.3) is 11.8 Å². The van der Waals surface area contributed by atoms with Crippen LogP contribution in [0.25, 0.3) is 45.5 Å². The third-order valence-electron chi connectivity index (χ3n) is 5.55. The van der Waals surface area contributed by atoms with Crippen LogP contribution >= 0.6 is 0 Å². The van der Waals surface area contributed by atoms with E-state index in [1.165, 1.54) is 24.0 Å². The van der Waals surface area contributed by atoms with Crippen molar-refractivity contribution < 1.29 is 13.3 Å². The minimum Gasteiger partial charge on any atom is -0.446 e. The van der Waals surface area contributed by atoms with Crippen molar-refractivity contribution in [3.63, 3.8) is 0 Å². The first kappa shape index (κ1) is 19.6. The third kappa shape index (κ3) is 3.76. The highest BCUT2D eigenvalue weighted by Gasteiger charge is 2.19. The molecule has 0 saturated carbocycles. The van der Waals surface area contributed by atoms with Crippen molar-refractivity contribution in [3.8, 4) is 23.3 Å². The molecule has 0 bridgehead atoms. The van der Waals surface area contributed by atoms with Gasteiger partial charge in [0.15, 0.2) is 22.7 Å². The molecule has 0 amide bonds. The molecule has 0 aliphatic heterocycles. The summed E-state index contributed by atoms with van der Waals surface area (Å²) in [5, 5.41) is 0. The van der Waals surface area contributed by atoms with E-state index in [2.05, 4.69) is 61.9 Å². The first-order valence-electron chi connectivity index (χ1n) is 10.8. The zero-order chi connectivity index (χ0) is 21.6. The van der Waals surface area contributed by atoms with Crippen molar-refractivity contribution in [2.75, 3.05) is 0 Å². The summed E-state index contributed by atoms with van der Waals surface area (Å²) >= 11 is 0. The average molecular weight is 415 g/mol. The van der Waals surface area contributed by atoms with E-state index in [4.69, 9.17) is 13.3 Å². The first-order valence-corrected chi connectivity index (χ1v) is 10.8. The molecule has 5 aromatic rings. The fourth-order valence-corrected chi connectivity index (χ4v) is 3.68. The van der Waals surface area contributed by atoms with Gasteiger partial charge in [-0.15, -0.1) is 0 Å². The van der Waals surface area contributed by atoms with E-state index in [1.54, 1.807) is 0 Å². The normalized spacial score (nSPS) is 12.3. The molecule has 0 radical (unpaired) electrons. The minimum atomic E-state index is 0.0501. The summed E-state index contributed by atoms with van der Waals surface area (Å²) < 4.78 is 17.8. The maximum atomic E-state index is 6.00. The monoisotopic (exact) mass is 414 g/mol. The van der Waals surface area contributed by atoms with Crippen LogP contribution in [0.3, 0.4) is 0 Å². The molecule has 3 aromatic heterocycles. The van der Waals surface area contributed by atoms with E-state index < -0.39 is 0 Å². The predicted octanol–water partition coefficient (Wildman–Crippen LogP) is 7.54.